The maximum absolute atomic E-state index is 5.71. The zero-order valence-electron chi connectivity index (χ0n) is 17.7. The predicted octanol–water partition coefficient (Wildman–Crippen LogP) is 3.00. The van der Waals surface area contributed by atoms with Crippen LogP contribution in [0.25, 0.3) is 5.69 Å². The van der Waals surface area contributed by atoms with Crippen LogP contribution in [0.2, 0.25) is 0 Å². The van der Waals surface area contributed by atoms with Crippen molar-refractivity contribution in [1.82, 2.24) is 44.8 Å². The molecule has 10 heteroatoms. The molecule has 4 bridgehead atoms. The van der Waals surface area contributed by atoms with Gasteiger partial charge in [-0.25, -0.2) is 0 Å². The lowest BCUT2D eigenvalue weighted by Crippen LogP contribution is -2.59. The van der Waals surface area contributed by atoms with Crippen LogP contribution in [0, 0.1) is 30.5 Å². The molecular weight excluding hydrogens is 398 g/mol. The number of H-pyrrole nitrogens is 1. The zero-order chi connectivity index (χ0) is 20.7. The normalized spacial score (nSPS) is 32.2. The summed E-state index contributed by atoms with van der Waals surface area (Å²) in [6.07, 6.45) is 8.79. The fourth-order valence-electron chi connectivity index (χ4n) is 7.05. The Morgan fingerprint density at radius 2 is 1.97 bits per heavy atom. The van der Waals surface area contributed by atoms with E-state index >= 15 is 0 Å². The van der Waals surface area contributed by atoms with Gasteiger partial charge in [0.2, 0.25) is 0 Å². The minimum absolute atomic E-state index is 0.0278. The van der Waals surface area contributed by atoms with Gasteiger partial charge in [-0.3, -0.25) is 14.3 Å². The zero-order valence-corrected chi connectivity index (χ0v) is 18.5. The van der Waals surface area contributed by atoms with Gasteiger partial charge in [-0.15, -0.1) is 10.2 Å². The Labute approximate surface area is 179 Å². The van der Waals surface area contributed by atoms with Gasteiger partial charge in [0.25, 0.3) is 0 Å². The molecule has 0 saturated heterocycles. The van der Waals surface area contributed by atoms with Crippen LogP contribution in [0.5, 0.6) is 0 Å². The van der Waals surface area contributed by atoms with Crippen molar-refractivity contribution < 1.29 is 0 Å². The Morgan fingerprint density at radius 1 is 1.20 bits per heavy atom. The summed E-state index contributed by atoms with van der Waals surface area (Å²) in [6, 6.07) is 0. The molecule has 0 spiro atoms. The topological polar surface area (TPSA) is 95.0 Å². The second-order valence-electron chi connectivity index (χ2n) is 9.71. The number of aromatic nitrogens is 9. The summed E-state index contributed by atoms with van der Waals surface area (Å²) in [5.74, 6) is 3.12. The highest BCUT2D eigenvalue weighted by molar-refractivity contribution is 7.71. The van der Waals surface area contributed by atoms with Crippen LogP contribution in [0.15, 0.2) is 6.20 Å². The number of tetrazole rings is 1. The molecule has 0 aromatic carbocycles. The largest absolute Gasteiger partial charge is 0.268 e. The third kappa shape index (κ3) is 2.39. The van der Waals surface area contributed by atoms with Gasteiger partial charge >= 0.3 is 0 Å². The summed E-state index contributed by atoms with van der Waals surface area (Å²) in [4.78, 5) is 1.93. The molecule has 158 valence electrons. The Hall–Kier alpha value is -2.36. The van der Waals surface area contributed by atoms with E-state index in [1.807, 2.05) is 22.6 Å². The molecule has 30 heavy (non-hydrogen) atoms. The van der Waals surface area contributed by atoms with Crippen LogP contribution in [0.4, 0.5) is 0 Å². The molecule has 3 heterocycles. The fourth-order valence-corrected chi connectivity index (χ4v) is 7.28. The molecule has 3 aromatic rings. The van der Waals surface area contributed by atoms with E-state index in [4.69, 9.17) is 17.3 Å². The second kappa shape index (κ2) is 6.09. The molecule has 0 amide bonds. The Bertz CT molecular complexity index is 1170. The predicted molar refractivity (Wildman–Crippen MR) is 112 cm³/mol. The minimum atomic E-state index is -0.0631. The minimum Gasteiger partial charge on any atom is -0.268 e. The van der Waals surface area contributed by atoms with Gasteiger partial charge < -0.3 is 0 Å². The lowest BCUT2D eigenvalue weighted by Gasteiger charge is -2.60. The monoisotopic (exact) mass is 425 g/mol. The first kappa shape index (κ1) is 18.4. The molecule has 4 saturated carbocycles. The number of hydrogen-bond acceptors (Lipinski definition) is 6. The highest BCUT2D eigenvalue weighted by atomic mass is 32.1. The third-order valence-electron chi connectivity index (χ3n) is 7.73. The van der Waals surface area contributed by atoms with Crippen LogP contribution >= 0.6 is 12.2 Å². The first-order chi connectivity index (χ1) is 14.4. The maximum atomic E-state index is 5.71. The first-order valence-corrected chi connectivity index (χ1v) is 11.3. The van der Waals surface area contributed by atoms with Gasteiger partial charge in [0.1, 0.15) is 5.82 Å². The van der Waals surface area contributed by atoms with E-state index in [0.29, 0.717) is 16.6 Å². The number of rotatable bonds is 4. The highest BCUT2D eigenvalue weighted by Gasteiger charge is 2.61. The smallest absolute Gasteiger partial charge is 0.200 e. The van der Waals surface area contributed by atoms with Crippen LogP contribution in [-0.4, -0.2) is 44.8 Å². The van der Waals surface area contributed by atoms with E-state index in [-0.39, 0.29) is 11.0 Å². The Morgan fingerprint density at radius 3 is 2.60 bits per heavy atom. The number of hydrogen-bond donors (Lipinski definition) is 1. The van der Waals surface area contributed by atoms with E-state index < -0.39 is 0 Å². The van der Waals surface area contributed by atoms with Crippen LogP contribution in [-0.2, 0) is 17.5 Å². The average molecular weight is 426 g/mol. The van der Waals surface area contributed by atoms with Crippen molar-refractivity contribution in [3.05, 3.63) is 28.3 Å². The van der Waals surface area contributed by atoms with Gasteiger partial charge in [0.15, 0.2) is 10.6 Å². The number of nitrogens with zero attached hydrogens (tertiary/aromatic N) is 8. The molecule has 4 aliphatic carbocycles. The van der Waals surface area contributed by atoms with Gasteiger partial charge in [0.05, 0.1) is 23.1 Å². The summed E-state index contributed by atoms with van der Waals surface area (Å²) < 4.78 is 4.80. The highest BCUT2D eigenvalue weighted by Crippen LogP contribution is 2.64. The number of aromatic amines is 1. The van der Waals surface area contributed by atoms with Crippen LogP contribution in [0.1, 0.15) is 62.8 Å². The Kier molecular flexibility index (Phi) is 3.74. The van der Waals surface area contributed by atoms with Gasteiger partial charge in [-0.1, -0.05) is 0 Å². The van der Waals surface area contributed by atoms with Crippen molar-refractivity contribution in [2.45, 2.75) is 76.8 Å². The molecule has 0 aliphatic heterocycles. The first-order valence-electron chi connectivity index (χ1n) is 10.9. The van der Waals surface area contributed by atoms with Crippen molar-refractivity contribution in [3.8, 4) is 5.69 Å². The quantitative estimate of drug-likeness (QED) is 0.646. The number of aryl methyl sites for hydroxylation is 2. The number of nitrogens with one attached hydrogen (secondary N) is 1. The molecule has 9 nitrogen and oxygen atoms in total. The fraction of sp³-hybridized carbons (Fsp3) is 0.700. The molecule has 2 unspecified atom stereocenters. The van der Waals surface area contributed by atoms with Crippen molar-refractivity contribution in [3.63, 3.8) is 0 Å². The lowest BCUT2D eigenvalue weighted by atomic mass is 9.46. The molecular formula is C20H27N9S. The summed E-state index contributed by atoms with van der Waals surface area (Å²) in [5, 5.41) is 25.8. The average Bonchev–Trinajstić information content (AvgIpc) is 3.39. The van der Waals surface area contributed by atoms with Crippen molar-refractivity contribution >= 4 is 12.2 Å². The van der Waals surface area contributed by atoms with Gasteiger partial charge in [-0.05, 0) is 88.6 Å². The van der Waals surface area contributed by atoms with E-state index in [9.17, 15) is 0 Å². The van der Waals surface area contributed by atoms with E-state index in [1.54, 1.807) is 0 Å². The molecule has 4 fully saturated rings. The summed E-state index contributed by atoms with van der Waals surface area (Å²) in [5.41, 5.74) is 2.06. The lowest BCUT2D eigenvalue weighted by molar-refractivity contribution is -0.0792. The summed E-state index contributed by atoms with van der Waals surface area (Å²) in [6.45, 7) is 6.96. The van der Waals surface area contributed by atoms with Crippen molar-refractivity contribution in [2.24, 2.45) is 11.8 Å². The molecule has 1 N–H and O–H groups in total. The van der Waals surface area contributed by atoms with Crippen molar-refractivity contribution in [2.75, 3.05) is 0 Å². The SMILES string of the molecule is CCn1ncc(-n2c(C34CC5CC(C3)CC(n3nnc(C)n3)(C5)C4)n[nH]c2=S)c1C. The van der Waals surface area contributed by atoms with E-state index in [1.165, 1.54) is 6.42 Å². The van der Waals surface area contributed by atoms with Gasteiger partial charge in [-0.2, -0.15) is 15.0 Å². The third-order valence-corrected chi connectivity index (χ3v) is 8.01. The standard InChI is InChI=1S/C20H27N9S/c1-4-27-12(2)16(10-21-27)28-17(23-24-18(28)30)19-6-14-5-15(7-19)9-20(8-14,11-19)29-25-13(3)22-26-29/h10,14-15H,4-9,11H2,1-3H3,(H,24,30). The van der Waals surface area contributed by atoms with Crippen LogP contribution < -0.4 is 0 Å². The van der Waals surface area contributed by atoms with Crippen LogP contribution in [0.3, 0.4) is 0 Å². The van der Waals surface area contributed by atoms with Gasteiger partial charge in [0, 0.05) is 12.0 Å². The van der Waals surface area contributed by atoms with Crippen molar-refractivity contribution in [1.29, 1.82) is 0 Å². The maximum Gasteiger partial charge on any atom is 0.200 e. The second-order valence-corrected chi connectivity index (χ2v) is 10.1. The summed E-state index contributed by atoms with van der Waals surface area (Å²) >= 11 is 5.71. The Balaban J connectivity index is 1.50. The molecule has 4 aliphatic rings. The van der Waals surface area contributed by atoms with E-state index in [2.05, 4.69) is 44.0 Å². The molecule has 0 radical (unpaired) electrons. The summed E-state index contributed by atoms with van der Waals surface area (Å²) in [7, 11) is 0. The molecule has 3 aromatic heterocycles. The van der Waals surface area contributed by atoms with E-state index in [0.717, 1.165) is 61.7 Å². The molecule has 7 rings (SSSR count). The molecule has 2 atom stereocenters.